The third kappa shape index (κ3) is 14.0. The van der Waals surface area contributed by atoms with Crippen molar-refractivity contribution in [2.24, 2.45) is 10.9 Å². The van der Waals surface area contributed by atoms with Gasteiger partial charge in [0, 0.05) is 19.2 Å². The maximum Gasteiger partial charge on any atom is 0.191 e. The first-order chi connectivity index (χ1) is 11.9. The van der Waals surface area contributed by atoms with Gasteiger partial charge in [0.05, 0.1) is 19.3 Å². The van der Waals surface area contributed by atoms with E-state index in [9.17, 15) is 5.11 Å². The summed E-state index contributed by atoms with van der Waals surface area (Å²) in [5, 5.41) is 16.6. The average Bonchev–Trinajstić information content (AvgIpc) is 2.56. The Labute approximate surface area is 155 Å². The molecule has 0 aliphatic rings. The second-order valence-electron chi connectivity index (χ2n) is 7.02. The molecule has 0 amide bonds. The molecule has 0 spiro atoms. The molecule has 0 heterocycles. The Balaban J connectivity index is 4.19. The van der Waals surface area contributed by atoms with Gasteiger partial charge in [-0.05, 0) is 52.2 Å². The molecule has 0 aromatic rings. The van der Waals surface area contributed by atoms with Crippen molar-refractivity contribution >= 4 is 5.96 Å². The van der Waals surface area contributed by atoms with Gasteiger partial charge in [-0.3, -0.25) is 4.99 Å². The van der Waals surface area contributed by atoms with Crippen molar-refractivity contribution in [3.63, 3.8) is 0 Å². The molecular formula is C19H42N4O2. The van der Waals surface area contributed by atoms with Crippen LogP contribution >= 0.6 is 0 Å². The number of aliphatic hydroxyl groups excluding tert-OH is 1. The van der Waals surface area contributed by atoms with Crippen molar-refractivity contribution in [2.75, 3.05) is 45.9 Å². The zero-order valence-electron chi connectivity index (χ0n) is 17.3. The summed E-state index contributed by atoms with van der Waals surface area (Å²) in [6.07, 6.45) is 1.70. The Bertz CT molecular complexity index is 333. The van der Waals surface area contributed by atoms with Gasteiger partial charge in [-0.15, -0.1) is 0 Å². The number of hydrogen-bond donors (Lipinski definition) is 3. The van der Waals surface area contributed by atoms with E-state index in [1.165, 1.54) is 6.42 Å². The summed E-state index contributed by atoms with van der Waals surface area (Å²) in [7, 11) is 0. The fourth-order valence-electron chi connectivity index (χ4n) is 2.48. The van der Waals surface area contributed by atoms with Gasteiger partial charge in [-0.1, -0.05) is 27.7 Å². The van der Waals surface area contributed by atoms with Crippen LogP contribution in [0.4, 0.5) is 0 Å². The fourth-order valence-corrected chi connectivity index (χ4v) is 2.48. The van der Waals surface area contributed by atoms with Gasteiger partial charge in [-0.25, -0.2) is 0 Å². The molecule has 0 saturated heterocycles. The summed E-state index contributed by atoms with van der Waals surface area (Å²) in [5.41, 5.74) is 0. The van der Waals surface area contributed by atoms with Crippen LogP contribution in [0.3, 0.4) is 0 Å². The first-order valence-electron chi connectivity index (χ1n) is 9.95. The van der Waals surface area contributed by atoms with Crippen molar-refractivity contribution in [1.29, 1.82) is 0 Å². The van der Waals surface area contributed by atoms with E-state index in [0.717, 1.165) is 38.6 Å². The summed E-state index contributed by atoms with van der Waals surface area (Å²) in [4.78, 5) is 6.92. The Kier molecular flexibility index (Phi) is 14.9. The second kappa shape index (κ2) is 15.4. The Morgan fingerprint density at radius 2 is 1.80 bits per heavy atom. The minimum absolute atomic E-state index is 0.334. The third-order valence-corrected chi connectivity index (χ3v) is 3.95. The standard InChI is InChI=1S/C19H42N4O2/c1-7-20-19(21-13-18(24)15-25-14-16(4)5)22-17(6)11-10-12-23(8-2)9-3/h16-18,24H,7-15H2,1-6H3,(H2,20,21,22). The molecule has 3 N–H and O–H groups in total. The highest BCUT2D eigenvalue weighted by atomic mass is 16.5. The molecule has 2 unspecified atom stereocenters. The SMILES string of the molecule is CCNC(=NCC(O)COCC(C)C)NC(C)CCCN(CC)CC. The Morgan fingerprint density at radius 3 is 2.36 bits per heavy atom. The Morgan fingerprint density at radius 1 is 1.12 bits per heavy atom. The maximum absolute atomic E-state index is 9.98. The highest BCUT2D eigenvalue weighted by molar-refractivity contribution is 5.80. The number of rotatable bonds is 14. The summed E-state index contributed by atoms with van der Waals surface area (Å²) < 4.78 is 5.46. The molecule has 0 aromatic carbocycles. The van der Waals surface area contributed by atoms with E-state index >= 15 is 0 Å². The third-order valence-electron chi connectivity index (χ3n) is 3.95. The van der Waals surface area contributed by atoms with E-state index in [1.54, 1.807) is 0 Å². The molecule has 0 radical (unpaired) electrons. The molecule has 0 bridgehead atoms. The lowest BCUT2D eigenvalue weighted by Gasteiger charge is -2.21. The number of guanidine groups is 1. The van der Waals surface area contributed by atoms with Crippen molar-refractivity contribution in [1.82, 2.24) is 15.5 Å². The van der Waals surface area contributed by atoms with Crippen LogP contribution in [-0.4, -0.2) is 74.0 Å². The summed E-state index contributed by atoms with van der Waals surface area (Å²) in [5.74, 6) is 1.24. The first-order valence-corrected chi connectivity index (χ1v) is 9.95. The predicted molar refractivity (Wildman–Crippen MR) is 107 cm³/mol. The molecule has 0 fully saturated rings. The van der Waals surface area contributed by atoms with Crippen LogP contribution in [0.15, 0.2) is 4.99 Å². The maximum atomic E-state index is 9.98. The van der Waals surface area contributed by atoms with Crippen LogP contribution < -0.4 is 10.6 Å². The summed E-state index contributed by atoms with van der Waals surface area (Å²) in [6.45, 7) is 18.3. The molecule has 0 aliphatic carbocycles. The molecule has 0 rings (SSSR count). The molecule has 6 heteroatoms. The van der Waals surface area contributed by atoms with E-state index in [0.29, 0.717) is 31.7 Å². The monoisotopic (exact) mass is 358 g/mol. The lowest BCUT2D eigenvalue weighted by atomic mass is 10.2. The van der Waals surface area contributed by atoms with Crippen molar-refractivity contribution in [3.05, 3.63) is 0 Å². The molecular weight excluding hydrogens is 316 g/mol. The van der Waals surface area contributed by atoms with Crippen LogP contribution in [0.1, 0.15) is 54.4 Å². The molecule has 0 saturated carbocycles. The van der Waals surface area contributed by atoms with Crippen molar-refractivity contribution < 1.29 is 9.84 Å². The van der Waals surface area contributed by atoms with Gasteiger partial charge in [0.2, 0.25) is 0 Å². The van der Waals surface area contributed by atoms with Gasteiger partial charge in [-0.2, -0.15) is 0 Å². The van der Waals surface area contributed by atoms with Gasteiger partial charge in [0.1, 0.15) is 0 Å². The van der Waals surface area contributed by atoms with E-state index in [4.69, 9.17) is 4.74 Å². The number of nitrogens with zero attached hydrogens (tertiary/aromatic N) is 2. The fraction of sp³-hybridized carbons (Fsp3) is 0.947. The highest BCUT2D eigenvalue weighted by Gasteiger charge is 2.09. The zero-order chi connectivity index (χ0) is 19.1. The number of nitrogens with one attached hydrogen (secondary N) is 2. The number of aliphatic imine (C=N–C) groups is 1. The molecule has 150 valence electrons. The van der Waals surface area contributed by atoms with Gasteiger partial charge >= 0.3 is 0 Å². The normalized spacial score (nSPS) is 14.8. The minimum Gasteiger partial charge on any atom is -0.389 e. The quantitative estimate of drug-likeness (QED) is 0.328. The second-order valence-corrected chi connectivity index (χ2v) is 7.02. The van der Waals surface area contributed by atoms with E-state index < -0.39 is 6.10 Å². The van der Waals surface area contributed by atoms with E-state index in [2.05, 4.69) is 55.1 Å². The molecule has 0 aromatic heterocycles. The van der Waals surface area contributed by atoms with Gasteiger partial charge in [0.15, 0.2) is 5.96 Å². The molecule has 0 aliphatic heterocycles. The minimum atomic E-state index is -0.563. The van der Waals surface area contributed by atoms with Gasteiger partial charge in [0.25, 0.3) is 0 Å². The molecule has 25 heavy (non-hydrogen) atoms. The predicted octanol–water partition coefficient (Wildman–Crippen LogP) is 2.09. The summed E-state index contributed by atoms with van der Waals surface area (Å²) in [6, 6.07) is 0.350. The van der Waals surface area contributed by atoms with Crippen LogP contribution in [-0.2, 0) is 4.74 Å². The Hall–Kier alpha value is -0.850. The van der Waals surface area contributed by atoms with Crippen LogP contribution in [0.2, 0.25) is 0 Å². The lowest BCUT2D eigenvalue weighted by Crippen LogP contribution is -2.43. The van der Waals surface area contributed by atoms with Gasteiger partial charge < -0.3 is 25.4 Å². The summed E-state index contributed by atoms with van der Waals surface area (Å²) >= 11 is 0. The largest absolute Gasteiger partial charge is 0.389 e. The lowest BCUT2D eigenvalue weighted by molar-refractivity contribution is 0.0301. The smallest absolute Gasteiger partial charge is 0.191 e. The number of hydrogen-bond acceptors (Lipinski definition) is 4. The zero-order valence-corrected chi connectivity index (χ0v) is 17.3. The molecule has 2 atom stereocenters. The van der Waals surface area contributed by atoms with E-state index in [1.807, 2.05) is 6.92 Å². The number of aliphatic hydroxyl groups is 1. The van der Waals surface area contributed by atoms with E-state index in [-0.39, 0.29) is 0 Å². The number of ether oxygens (including phenoxy) is 1. The first kappa shape index (κ1) is 24.1. The van der Waals surface area contributed by atoms with Crippen LogP contribution in [0, 0.1) is 5.92 Å². The van der Waals surface area contributed by atoms with Crippen LogP contribution in [0.5, 0.6) is 0 Å². The highest BCUT2D eigenvalue weighted by Crippen LogP contribution is 2.00. The van der Waals surface area contributed by atoms with Crippen molar-refractivity contribution in [3.8, 4) is 0 Å². The molecule has 6 nitrogen and oxygen atoms in total. The average molecular weight is 359 g/mol. The topological polar surface area (TPSA) is 69.1 Å². The van der Waals surface area contributed by atoms with Crippen LogP contribution in [0.25, 0.3) is 0 Å². The van der Waals surface area contributed by atoms with Crippen molar-refractivity contribution in [2.45, 2.75) is 66.5 Å².